The van der Waals surface area contributed by atoms with E-state index in [1.54, 1.807) is 22.4 Å². The number of ether oxygens (including phenoxy) is 2. The minimum absolute atomic E-state index is 0.0676. The molecular weight excluding hydrogens is 430 g/mol. The van der Waals surface area contributed by atoms with Crippen LogP contribution < -0.4 is 5.56 Å². The summed E-state index contributed by atoms with van der Waals surface area (Å²) in [5.74, 6) is 0. The summed E-state index contributed by atoms with van der Waals surface area (Å²) >= 11 is 6.07. The van der Waals surface area contributed by atoms with Crippen molar-refractivity contribution >= 4 is 28.2 Å². The third kappa shape index (κ3) is 3.91. The first-order valence-corrected chi connectivity index (χ1v) is 11.0. The molecule has 4 aromatic rings. The Morgan fingerprint density at radius 3 is 2.66 bits per heavy atom. The molecule has 4 heterocycles. The fourth-order valence-electron chi connectivity index (χ4n) is 4.15. The Labute approximate surface area is 189 Å². The van der Waals surface area contributed by atoms with E-state index in [1.165, 1.54) is 0 Å². The molecule has 9 heteroatoms. The predicted octanol–water partition coefficient (Wildman–Crippen LogP) is 2.84. The maximum absolute atomic E-state index is 13.2. The number of fused-ring (bicyclic) bond motifs is 3. The third-order valence-corrected chi connectivity index (χ3v) is 6.08. The van der Waals surface area contributed by atoms with Gasteiger partial charge in [0.05, 0.1) is 42.0 Å². The lowest BCUT2D eigenvalue weighted by Crippen LogP contribution is -2.39. The Bertz CT molecular complexity index is 1310. The number of benzene rings is 1. The highest BCUT2D eigenvalue weighted by Gasteiger charge is 2.19. The quantitative estimate of drug-likeness (QED) is 0.447. The molecule has 1 saturated heterocycles. The normalized spacial score (nSPS) is 15.1. The zero-order valence-electron chi connectivity index (χ0n) is 17.8. The van der Waals surface area contributed by atoms with Crippen LogP contribution in [-0.4, -0.2) is 64.0 Å². The van der Waals surface area contributed by atoms with Gasteiger partial charge >= 0.3 is 0 Å². The first-order chi connectivity index (χ1) is 15.7. The molecule has 166 valence electrons. The topological polar surface area (TPSA) is 73.9 Å². The van der Waals surface area contributed by atoms with Gasteiger partial charge in [-0.25, -0.2) is 9.50 Å². The van der Waals surface area contributed by atoms with Crippen molar-refractivity contribution in [2.45, 2.75) is 13.2 Å². The molecule has 0 atom stereocenters. The number of aromatic nitrogens is 4. The molecule has 0 N–H and O–H groups in total. The number of pyridine rings is 1. The summed E-state index contributed by atoms with van der Waals surface area (Å²) in [6.07, 6.45) is 3.49. The fourth-order valence-corrected chi connectivity index (χ4v) is 4.28. The summed E-state index contributed by atoms with van der Waals surface area (Å²) < 4.78 is 14.3. The molecule has 3 aromatic heterocycles. The van der Waals surface area contributed by atoms with Crippen molar-refractivity contribution < 1.29 is 9.47 Å². The second-order valence-corrected chi connectivity index (χ2v) is 8.26. The van der Waals surface area contributed by atoms with Gasteiger partial charge in [-0.2, -0.15) is 5.10 Å². The number of nitrogens with zero attached hydrogens (tertiary/aromatic N) is 5. The van der Waals surface area contributed by atoms with Crippen molar-refractivity contribution in [3.63, 3.8) is 0 Å². The summed E-state index contributed by atoms with van der Waals surface area (Å²) in [5.41, 5.74) is 3.91. The molecule has 1 aliphatic rings. The summed E-state index contributed by atoms with van der Waals surface area (Å²) in [4.78, 5) is 20.1. The largest absolute Gasteiger partial charge is 0.379 e. The SMILES string of the molecule is COCc1nn2c(ncc3c(=O)n(CCN4CCOCC4)ccc32)c1-c1ccc(Cl)cc1. The highest BCUT2D eigenvalue weighted by Crippen LogP contribution is 2.30. The minimum Gasteiger partial charge on any atom is -0.379 e. The maximum atomic E-state index is 13.2. The molecule has 1 fully saturated rings. The average molecular weight is 454 g/mol. The molecule has 5 rings (SSSR count). The minimum atomic E-state index is -0.0676. The summed E-state index contributed by atoms with van der Waals surface area (Å²) in [6, 6.07) is 9.48. The summed E-state index contributed by atoms with van der Waals surface area (Å²) in [5, 5.41) is 5.95. The zero-order valence-corrected chi connectivity index (χ0v) is 18.6. The lowest BCUT2D eigenvalue weighted by molar-refractivity contribution is 0.0363. The Hall–Kier alpha value is -2.78. The molecule has 0 spiro atoms. The standard InChI is InChI=1S/C23H24ClN5O3/c1-31-15-19-21(16-2-4-17(24)5-3-16)22-25-14-18-20(29(22)26-19)6-7-28(23(18)30)9-8-27-10-12-32-13-11-27/h2-7,14H,8-13,15H2,1H3. The van der Waals surface area contributed by atoms with E-state index in [0.29, 0.717) is 29.2 Å². The first-order valence-electron chi connectivity index (χ1n) is 10.6. The average Bonchev–Trinajstić information content (AvgIpc) is 3.18. The van der Waals surface area contributed by atoms with Gasteiger partial charge in [0.1, 0.15) is 0 Å². The number of methoxy groups -OCH3 is 1. The maximum Gasteiger partial charge on any atom is 0.261 e. The van der Waals surface area contributed by atoms with Crippen LogP contribution in [0.25, 0.3) is 27.7 Å². The van der Waals surface area contributed by atoms with Crippen molar-refractivity contribution in [3.8, 4) is 11.1 Å². The third-order valence-electron chi connectivity index (χ3n) is 5.83. The Morgan fingerprint density at radius 2 is 1.91 bits per heavy atom. The molecule has 0 amide bonds. The van der Waals surface area contributed by atoms with Crippen LogP contribution in [0.2, 0.25) is 5.02 Å². The van der Waals surface area contributed by atoms with Gasteiger partial charge in [0.25, 0.3) is 5.56 Å². The van der Waals surface area contributed by atoms with Crippen molar-refractivity contribution in [2.75, 3.05) is 40.0 Å². The second kappa shape index (κ2) is 8.99. The molecule has 0 saturated carbocycles. The van der Waals surface area contributed by atoms with Crippen LogP contribution in [0.4, 0.5) is 0 Å². The monoisotopic (exact) mass is 453 g/mol. The van der Waals surface area contributed by atoms with Crippen molar-refractivity contribution in [2.24, 2.45) is 0 Å². The Kier molecular flexibility index (Phi) is 5.93. The van der Waals surface area contributed by atoms with Crippen LogP contribution >= 0.6 is 11.6 Å². The van der Waals surface area contributed by atoms with E-state index in [-0.39, 0.29) is 5.56 Å². The molecule has 0 bridgehead atoms. The van der Waals surface area contributed by atoms with Crippen molar-refractivity contribution in [1.29, 1.82) is 0 Å². The Morgan fingerprint density at radius 1 is 1.12 bits per heavy atom. The highest BCUT2D eigenvalue weighted by atomic mass is 35.5. The molecule has 8 nitrogen and oxygen atoms in total. The van der Waals surface area contributed by atoms with Gasteiger partial charge in [-0.05, 0) is 23.8 Å². The van der Waals surface area contributed by atoms with E-state index in [2.05, 4.69) is 9.88 Å². The summed E-state index contributed by atoms with van der Waals surface area (Å²) in [6.45, 7) is 5.05. The second-order valence-electron chi connectivity index (χ2n) is 7.82. The van der Waals surface area contributed by atoms with Gasteiger partial charge in [-0.15, -0.1) is 0 Å². The van der Waals surface area contributed by atoms with Crippen LogP contribution in [-0.2, 0) is 22.6 Å². The Balaban J connectivity index is 1.57. The van der Waals surface area contributed by atoms with Gasteiger partial charge < -0.3 is 14.0 Å². The van der Waals surface area contributed by atoms with Crippen LogP contribution in [0.1, 0.15) is 5.69 Å². The van der Waals surface area contributed by atoms with E-state index >= 15 is 0 Å². The highest BCUT2D eigenvalue weighted by molar-refractivity contribution is 6.30. The van der Waals surface area contributed by atoms with Gasteiger partial charge in [0.15, 0.2) is 5.65 Å². The van der Waals surface area contributed by atoms with Gasteiger partial charge in [0, 0.05) is 50.7 Å². The summed E-state index contributed by atoms with van der Waals surface area (Å²) in [7, 11) is 1.63. The van der Waals surface area contributed by atoms with Gasteiger partial charge in [0.2, 0.25) is 0 Å². The van der Waals surface area contributed by atoms with Crippen LogP contribution in [0.15, 0.2) is 47.5 Å². The fraction of sp³-hybridized carbons (Fsp3) is 0.348. The van der Waals surface area contributed by atoms with Crippen LogP contribution in [0.5, 0.6) is 0 Å². The lowest BCUT2D eigenvalue weighted by Gasteiger charge is -2.26. The first kappa shape index (κ1) is 21.1. The number of hydrogen-bond donors (Lipinski definition) is 0. The number of hydrogen-bond acceptors (Lipinski definition) is 6. The molecular formula is C23H24ClN5O3. The van der Waals surface area contributed by atoms with E-state index < -0.39 is 0 Å². The number of halogens is 1. The predicted molar refractivity (Wildman–Crippen MR) is 123 cm³/mol. The van der Waals surface area contributed by atoms with Crippen molar-refractivity contribution in [1.82, 2.24) is 24.1 Å². The van der Waals surface area contributed by atoms with Gasteiger partial charge in [-0.1, -0.05) is 23.7 Å². The lowest BCUT2D eigenvalue weighted by atomic mass is 10.1. The smallest absolute Gasteiger partial charge is 0.261 e. The number of morpholine rings is 1. The molecule has 1 aromatic carbocycles. The number of rotatable bonds is 6. The molecule has 0 unspecified atom stereocenters. The van der Waals surface area contributed by atoms with Crippen LogP contribution in [0.3, 0.4) is 0 Å². The molecule has 0 radical (unpaired) electrons. The molecule has 32 heavy (non-hydrogen) atoms. The van der Waals surface area contributed by atoms with Gasteiger partial charge in [-0.3, -0.25) is 9.69 Å². The van der Waals surface area contributed by atoms with Crippen molar-refractivity contribution in [3.05, 3.63) is 63.8 Å². The molecule has 1 aliphatic heterocycles. The molecule has 0 aliphatic carbocycles. The van der Waals surface area contributed by atoms with E-state index in [4.69, 9.17) is 26.2 Å². The van der Waals surface area contributed by atoms with E-state index in [1.807, 2.05) is 36.5 Å². The van der Waals surface area contributed by atoms with E-state index in [0.717, 1.165) is 55.2 Å². The zero-order chi connectivity index (χ0) is 22.1. The van der Waals surface area contributed by atoms with E-state index in [9.17, 15) is 4.79 Å². The van der Waals surface area contributed by atoms with Crippen LogP contribution in [0, 0.1) is 0 Å².